The quantitative estimate of drug-likeness (QED) is 0.790. The molecule has 0 bridgehead atoms. The van der Waals surface area contributed by atoms with Crippen molar-refractivity contribution >= 4 is 23.6 Å². The van der Waals surface area contributed by atoms with E-state index < -0.39 is 17.9 Å². The normalized spacial score (nSPS) is 30.7. The van der Waals surface area contributed by atoms with Gasteiger partial charge in [-0.2, -0.15) is 5.26 Å². The molecule has 27 heavy (non-hydrogen) atoms. The molecule has 5 atom stereocenters. The van der Waals surface area contributed by atoms with Gasteiger partial charge < -0.3 is 0 Å². The number of hydrogen-bond donors (Lipinski definition) is 1. The summed E-state index contributed by atoms with van der Waals surface area (Å²) in [5.41, 5.74) is 3.74. The first-order chi connectivity index (χ1) is 13.1. The summed E-state index contributed by atoms with van der Waals surface area (Å²) >= 11 is 0. The van der Waals surface area contributed by atoms with Crippen molar-refractivity contribution in [3.63, 3.8) is 0 Å². The van der Waals surface area contributed by atoms with Gasteiger partial charge in [0.15, 0.2) is 6.04 Å². The smallest absolute Gasteiger partial charge is 0.245 e. The van der Waals surface area contributed by atoms with E-state index in [0.29, 0.717) is 5.69 Å². The van der Waals surface area contributed by atoms with E-state index in [9.17, 15) is 14.9 Å². The number of nitrogens with one attached hydrogen (secondary N) is 1. The lowest BCUT2D eigenvalue weighted by molar-refractivity contribution is -0.885. The van der Waals surface area contributed by atoms with E-state index in [1.165, 1.54) is 4.90 Å². The molecule has 0 spiro atoms. The Morgan fingerprint density at radius 3 is 2.44 bits per heavy atom. The summed E-state index contributed by atoms with van der Waals surface area (Å²) in [6.45, 7) is 1.96. The predicted molar refractivity (Wildman–Crippen MR) is 99.2 cm³/mol. The fourth-order valence-corrected chi connectivity index (χ4v) is 4.84. The van der Waals surface area contributed by atoms with Crippen LogP contribution in [0.5, 0.6) is 0 Å². The predicted octanol–water partition coefficient (Wildman–Crippen LogP) is 1.62. The van der Waals surface area contributed by atoms with Crippen LogP contribution in [0.1, 0.15) is 22.7 Å². The lowest BCUT2D eigenvalue weighted by Gasteiger charge is -2.28. The van der Waals surface area contributed by atoms with Gasteiger partial charge >= 0.3 is 0 Å². The van der Waals surface area contributed by atoms with Crippen molar-refractivity contribution in [3.05, 3.63) is 71.4 Å². The van der Waals surface area contributed by atoms with Crippen molar-refractivity contribution in [2.24, 2.45) is 11.8 Å². The summed E-state index contributed by atoms with van der Waals surface area (Å²) < 4.78 is 0. The molecule has 2 aromatic carbocycles. The second kappa shape index (κ2) is 5.63. The van der Waals surface area contributed by atoms with Gasteiger partial charge in [-0.05, 0) is 30.7 Å². The molecular weight excluding hydrogens is 338 g/mol. The minimum Gasteiger partial charge on any atom is -0.287 e. The largest absolute Gasteiger partial charge is 0.287 e. The van der Waals surface area contributed by atoms with Gasteiger partial charge in [0, 0.05) is 5.56 Å². The van der Waals surface area contributed by atoms with E-state index in [1.807, 2.05) is 55.6 Å². The average Bonchev–Trinajstić information content (AvgIpc) is 3.15. The van der Waals surface area contributed by atoms with Gasteiger partial charge in [0.1, 0.15) is 23.9 Å². The van der Waals surface area contributed by atoms with Crippen LogP contribution in [-0.4, -0.2) is 17.9 Å². The van der Waals surface area contributed by atoms with Crippen LogP contribution >= 0.6 is 0 Å². The lowest BCUT2D eigenvalue weighted by Crippen LogP contribution is -3.10. The van der Waals surface area contributed by atoms with Crippen LogP contribution in [0.15, 0.2) is 54.7 Å². The maximum Gasteiger partial charge on any atom is 0.245 e. The number of aryl methyl sites for hydroxylation is 1. The molecule has 2 saturated heterocycles. The van der Waals surface area contributed by atoms with Crippen molar-refractivity contribution in [2.45, 2.75) is 19.0 Å². The van der Waals surface area contributed by atoms with Crippen molar-refractivity contribution in [3.8, 4) is 6.07 Å². The first kappa shape index (κ1) is 16.0. The number of carbonyl (C=O) groups is 2. The van der Waals surface area contributed by atoms with Crippen molar-refractivity contribution in [1.82, 2.24) is 0 Å². The molecule has 0 aromatic heterocycles. The Bertz CT molecular complexity index is 1030. The van der Waals surface area contributed by atoms with Gasteiger partial charge in [-0.15, -0.1) is 0 Å². The Morgan fingerprint density at radius 1 is 1.00 bits per heavy atom. The van der Waals surface area contributed by atoms with Crippen molar-refractivity contribution < 1.29 is 14.5 Å². The lowest BCUT2D eigenvalue weighted by atomic mass is 9.85. The number of anilines is 1. The molecule has 132 valence electrons. The van der Waals surface area contributed by atoms with Crippen LogP contribution in [-0.2, 0) is 9.59 Å². The Labute approximate surface area is 157 Å². The summed E-state index contributed by atoms with van der Waals surface area (Å²) in [5.74, 6) is -1.57. The number of rotatable bonds is 1. The molecule has 2 fully saturated rings. The number of imide groups is 1. The summed E-state index contributed by atoms with van der Waals surface area (Å²) in [7, 11) is 0. The summed E-state index contributed by atoms with van der Waals surface area (Å²) in [5, 5.41) is 9.81. The number of hydrogen-bond acceptors (Lipinski definition) is 3. The first-order valence-electron chi connectivity index (χ1n) is 9.09. The van der Waals surface area contributed by atoms with E-state index in [1.54, 1.807) is 12.1 Å². The van der Waals surface area contributed by atoms with Crippen LogP contribution < -0.4 is 9.80 Å². The molecule has 5 nitrogen and oxygen atoms in total. The Balaban J connectivity index is 1.63. The minimum absolute atomic E-state index is 0.195. The summed E-state index contributed by atoms with van der Waals surface area (Å²) in [4.78, 5) is 28.8. The standard InChI is InChI=1S/C22H17N3O2/c1-13-6-8-15(9-7-13)25-21(26)18-17(12-23)24-11-10-14-4-2-3-5-16(14)20(24)19(18)22(25)27/h2-11,17-20H,1H3/p+1/t17-,18+,19+,20+/m0/s1. The zero-order chi connectivity index (χ0) is 18.7. The number of benzene rings is 2. The second-order valence-corrected chi connectivity index (χ2v) is 7.45. The molecule has 3 heterocycles. The van der Waals surface area contributed by atoms with E-state index >= 15 is 0 Å². The van der Waals surface area contributed by atoms with Crippen LogP contribution in [0.3, 0.4) is 0 Å². The topological polar surface area (TPSA) is 65.6 Å². The van der Waals surface area contributed by atoms with E-state index in [2.05, 4.69) is 6.07 Å². The Morgan fingerprint density at radius 2 is 1.70 bits per heavy atom. The third-order valence-electron chi connectivity index (χ3n) is 6.05. The third kappa shape index (κ3) is 2.08. The van der Waals surface area contributed by atoms with Gasteiger partial charge in [-0.3, -0.25) is 14.5 Å². The van der Waals surface area contributed by atoms with Gasteiger partial charge in [-0.1, -0.05) is 42.0 Å². The molecule has 3 aliphatic heterocycles. The van der Waals surface area contributed by atoms with Crippen molar-refractivity contribution in [1.29, 1.82) is 5.26 Å². The number of nitriles is 1. The number of nitrogens with zero attached hydrogens (tertiary/aromatic N) is 2. The Kier molecular flexibility index (Phi) is 3.33. The van der Waals surface area contributed by atoms with Crippen LogP contribution in [0.4, 0.5) is 5.69 Å². The van der Waals surface area contributed by atoms with Gasteiger partial charge in [0.25, 0.3) is 0 Å². The van der Waals surface area contributed by atoms with Gasteiger partial charge in [-0.25, -0.2) is 4.90 Å². The first-order valence-corrected chi connectivity index (χ1v) is 9.09. The molecule has 5 heteroatoms. The van der Waals surface area contributed by atoms with E-state index in [4.69, 9.17) is 0 Å². The number of quaternary nitrogens is 1. The zero-order valence-electron chi connectivity index (χ0n) is 14.8. The van der Waals surface area contributed by atoms with E-state index in [-0.39, 0.29) is 17.9 Å². The maximum atomic E-state index is 13.4. The molecule has 0 saturated carbocycles. The molecule has 1 N–H and O–H groups in total. The molecule has 2 amide bonds. The average molecular weight is 356 g/mol. The third-order valence-corrected chi connectivity index (χ3v) is 6.05. The molecular formula is C22H18N3O2+. The number of fused-ring (bicyclic) bond motifs is 5. The van der Waals surface area contributed by atoms with Gasteiger partial charge in [0.2, 0.25) is 11.8 Å². The summed E-state index contributed by atoms with van der Waals surface area (Å²) in [6.07, 6.45) is 3.93. The second-order valence-electron chi connectivity index (χ2n) is 7.45. The highest BCUT2D eigenvalue weighted by Gasteiger charge is 2.66. The van der Waals surface area contributed by atoms with Gasteiger partial charge in [0.05, 0.1) is 11.9 Å². The van der Waals surface area contributed by atoms with E-state index in [0.717, 1.165) is 21.6 Å². The number of carbonyl (C=O) groups excluding carboxylic acids is 2. The molecule has 0 radical (unpaired) electrons. The molecule has 0 aliphatic carbocycles. The Hall–Kier alpha value is -3.23. The number of amides is 2. The monoisotopic (exact) mass is 356 g/mol. The highest BCUT2D eigenvalue weighted by atomic mass is 16.2. The summed E-state index contributed by atoms with van der Waals surface area (Å²) in [6, 6.07) is 16.9. The fourth-order valence-electron chi connectivity index (χ4n) is 4.84. The zero-order valence-corrected chi connectivity index (χ0v) is 14.8. The molecule has 2 aromatic rings. The SMILES string of the molecule is Cc1ccc(N2C(=O)[C@@H]3[C@H](C2=O)[C@H](C#N)[NH+]2C=Cc4ccccc4[C@H]32)cc1. The highest BCUT2D eigenvalue weighted by molar-refractivity contribution is 6.22. The van der Waals surface area contributed by atoms with Crippen LogP contribution in [0.25, 0.3) is 6.08 Å². The molecule has 3 aliphatic rings. The van der Waals surface area contributed by atoms with Crippen molar-refractivity contribution in [2.75, 3.05) is 4.90 Å². The maximum absolute atomic E-state index is 13.4. The van der Waals surface area contributed by atoms with Crippen LogP contribution in [0, 0.1) is 30.1 Å². The van der Waals surface area contributed by atoms with Crippen LogP contribution in [0.2, 0.25) is 0 Å². The fraction of sp³-hybridized carbons (Fsp3) is 0.227. The minimum atomic E-state index is -0.611. The highest BCUT2D eigenvalue weighted by Crippen LogP contribution is 2.44. The molecule has 5 rings (SSSR count). The molecule has 1 unspecified atom stereocenters.